The van der Waals surface area contributed by atoms with Crippen LogP contribution < -0.4 is 10.1 Å². The predicted molar refractivity (Wildman–Crippen MR) is 210 cm³/mol. The number of aliphatic carboxylic acids is 1. The van der Waals surface area contributed by atoms with Gasteiger partial charge in [0.05, 0.1) is 22.7 Å². The third kappa shape index (κ3) is 7.74. The minimum Gasteiger partial charge on any atom is -0.489 e. The Morgan fingerprint density at radius 2 is 1.71 bits per heavy atom. The van der Waals surface area contributed by atoms with Gasteiger partial charge in [-0.15, -0.1) is 0 Å². The zero-order valence-corrected chi connectivity index (χ0v) is 30.9. The molecule has 1 aliphatic heterocycles. The van der Waals surface area contributed by atoms with Crippen molar-refractivity contribution in [1.29, 1.82) is 0 Å². The third-order valence-corrected chi connectivity index (χ3v) is 11.1. The number of para-hydroxylation sites is 1. The number of carbonyl (C=O) groups excluding carboxylic acids is 2. The van der Waals surface area contributed by atoms with Gasteiger partial charge in [0.25, 0.3) is 11.8 Å². The normalized spacial score (nSPS) is 15.9. The number of fused-ring (bicyclic) bond motifs is 2. The fraction of sp³-hybridized carbons (Fsp3) is 0.318. The Hall–Kier alpha value is -6.01. The molecule has 56 heavy (non-hydrogen) atoms. The van der Waals surface area contributed by atoms with E-state index in [0.29, 0.717) is 54.1 Å². The summed E-state index contributed by atoms with van der Waals surface area (Å²) in [5, 5.41) is 23.4. The maximum absolute atomic E-state index is 16.1. The lowest BCUT2D eigenvalue weighted by molar-refractivity contribution is -0.139. The van der Waals surface area contributed by atoms with E-state index in [0.717, 1.165) is 59.7 Å². The molecule has 2 aromatic heterocycles. The molecule has 11 nitrogen and oxygen atoms in total. The largest absolute Gasteiger partial charge is 0.489 e. The van der Waals surface area contributed by atoms with Gasteiger partial charge >= 0.3 is 5.97 Å². The van der Waals surface area contributed by atoms with Crippen LogP contribution in [-0.2, 0) is 17.8 Å². The summed E-state index contributed by atoms with van der Waals surface area (Å²) in [6.45, 7) is 1.16. The second kappa shape index (κ2) is 16.0. The molecule has 2 fully saturated rings. The van der Waals surface area contributed by atoms with Crippen molar-refractivity contribution in [3.63, 3.8) is 0 Å². The Morgan fingerprint density at radius 3 is 2.50 bits per heavy atom. The van der Waals surface area contributed by atoms with Crippen LogP contribution in [0.25, 0.3) is 33.3 Å². The van der Waals surface area contributed by atoms with E-state index in [-0.39, 0.29) is 36.6 Å². The van der Waals surface area contributed by atoms with Crippen LogP contribution in [0.4, 0.5) is 4.39 Å². The van der Waals surface area contributed by atoms with E-state index in [2.05, 4.69) is 14.9 Å². The zero-order chi connectivity index (χ0) is 38.8. The van der Waals surface area contributed by atoms with Crippen LogP contribution in [0.1, 0.15) is 82.8 Å². The Morgan fingerprint density at radius 1 is 0.911 bits per heavy atom. The van der Waals surface area contributed by atoms with E-state index in [9.17, 15) is 24.6 Å². The summed E-state index contributed by atoms with van der Waals surface area (Å²) in [6.07, 6.45) is 7.67. The number of aromatic amines is 1. The quantitative estimate of drug-likeness (QED) is 0.107. The van der Waals surface area contributed by atoms with Gasteiger partial charge in [-0.25, -0.2) is 14.2 Å². The molecule has 1 saturated heterocycles. The molecule has 288 valence electrons. The first-order valence-electron chi connectivity index (χ1n) is 19.3. The lowest BCUT2D eigenvalue weighted by Gasteiger charge is -2.29. The number of aliphatic hydroxyl groups excluding tert-OH is 1. The summed E-state index contributed by atoms with van der Waals surface area (Å²) < 4.78 is 24.2. The van der Waals surface area contributed by atoms with Crippen LogP contribution in [0, 0.1) is 5.82 Å². The SMILES string of the molecule is O=C(N[C@@H](Cc1c[nH]c2ccccc12)C(=O)O)c1ccc2c(c1)nc(-c1ccc(OCc3cccc(C(=O)N4CCC(O)CC4)c3)cc1F)n2C1CCCCC1. The lowest BCUT2D eigenvalue weighted by Crippen LogP contribution is -2.42. The Balaban J connectivity index is 1.02. The first kappa shape index (κ1) is 36.9. The summed E-state index contributed by atoms with van der Waals surface area (Å²) in [7, 11) is 0. The number of piperidine rings is 1. The fourth-order valence-corrected chi connectivity index (χ4v) is 8.08. The number of imidazole rings is 1. The van der Waals surface area contributed by atoms with Crippen LogP contribution in [0.5, 0.6) is 5.75 Å². The number of amides is 2. The molecule has 0 radical (unpaired) electrons. The van der Waals surface area contributed by atoms with E-state index >= 15 is 4.39 Å². The molecule has 0 spiro atoms. The number of halogens is 1. The number of hydrogen-bond donors (Lipinski definition) is 4. The van der Waals surface area contributed by atoms with Gasteiger partial charge in [-0.3, -0.25) is 9.59 Å². The summed E-state index contributed by atoms with van der Waals surface area (Å²) >= 11 is 0. The minimum atomic E-state index is -1.16. The summed E-state index contributed by atoms with van der Waals surface area (Å²) in [6, 6.07) is 23.6. The second-order valence-electron chi connectivity index (χ2n) is 14.9. The van der Waals surface area contributed by atoms with E-state index in [4.69, 9.17) is 9.72 Å². The molecule has 8 rings (SSSR count). The number of H-pyrrole nitrogens is 1. The van der Waals surface area contributed by atoms with Crippen molar-refractivity contribution in [2.45, 2.75) is 76.2 Å². The third-order valence-electron chi connectivity index (χ3n) is 11.1. The molecule has 2 aliphatic rings. The molecule has 1 atom stereocenters. The Bertz CT molecular complexity index is 2410. The van der Waals surface area contributed by atoms with E-state index < -0.39 is 23.7 Å². The molecule has 1 saturated carbocycles. The lowest BCUT2D eigenvalue weighted by atomic mass is 9.94. The monoisotopic (exact) mass is 757 g/mol. The van der Waals surface area contributed by atoms with Crippen molar-refractivity contribution in [1.82, 2.24) is 24.8 Å². The maximum atomic E-state index is 16.1. The highest BCUT2D eigenvalue weighted by atomic mass is 19.1. The summed E-state index contributed by atoms with van der Waals surface area (Å²) in [5.74, 6) is -1.50. The number of carbonyl (C=O) groups is 3. The van der Waals surface area contributed by atoms with Crippen molar-refractivity contribution in [2.75, 3.05) is 13.1 Å². The second-order valence-corrected chi connectivity index (χ2v) is 14.9. The van der Waals surface area contributed by atoms with Crippen LogP contribution in [0.15, 0.2) is 91.1 Å². The molecule has 3 heterocycles. The maximum Gasteiger partial charge on any atom is 0.326 e. The number of aliphatic hydroxyl groups is 1. The van der Waals surface area contributed by atoms with Crippen molar-refractivity contribution >= 4 is 39.7 Å². The number of nitrogens with one attached hydrogen (secondary N) is 2. The molecule has 12 heteroatoms. The van der Waals surface area contributed by atoms with E-state index in [1.54, 1.807) is 53.6 Å². The molecular weight excluding hydrogens is 714 g/mol. The highest BCUT2D eigenvalue weighted by Crippen LogP contribution is 2.37. The van der Waals surface area contributed by atoms with Gasteiger partial charge < -0.3 is 34.7 Å². The van der Waals surface area contributed by atoms with Crippen molar-refractivity contribution < 1.29 is 33.7 Å². The topological polar surface area (TPSA) is 150 Å². The first-order valence-corrected chi connectivity index (χ1v) is 19.3. The number of ether oxygens (including phenoxy) is 1. The fourth-order valence-electron chi connectivity index (χ4n) is 8.08. The van der Waals surface area contributed by atoms with Crippen LogP contribution >= 0.6 is 0 Å². The molecule has 0 unspecified atom stereocenters. The molecule has 1 aliphatic carbocycles. The smallest absolute Gasteiger partial charge is 0.326 e. The number of rotatable bonds is 11. The predicted octanol–water partition coefficient (Wildman–Crippen LogP) is 7.43. The standard InChI is InChI=1S/C44H44FN5O6/c45-36-24-33(56-26-27-7-6-8-29(21-27)43(53)49-19-17-32(51)18-20-49)14-15-35(36)41-47-38-22-28(13-16-40(38)50(41)31-9-2-1-3-10-31)42(52)48-39(44(54)55)23-30-25-46-37-12-5-4-11-34(30)37/h4-8,11-16,21-22,24-25,31-32,39,46,51H,1-3,9-10,17-20,23,26H2,(H,48,52)(H,54,55)/t39-/m0/s1. The number of aromatic nitrogens is 3. The Labute approximate surface area is 323 Å². The highest BCUT2D eigenvalue weighted by molar-refractivity contribution is 6.00. The average molecular weight is 758 g/mol. The molecule has 4 aromatic carbocycles. The van der Waals surface area contributed by atoms with Gasteiger partial charge in [-0.05, 0) is 85.3 Å². The summed E-state index contributed by atoms with van der Waals surface area (Å²) in [5.41, 5.74) is 4.82. The summed E-state index contributed by atoms with van der Waals surface area (Å²) in [4.78, 5) is 48.7. The van der Waals surface area contributed by atoms with E-state index in [1.807, 2.05) is 36.4 Å². The van der Waals surface area contributed by atoms with Crippen molar-refractivity contribution in [2.24, 2.45) is 0 Å². The number of benzene rings is 4. The molecule has 0 bridgehead atoms. The molecule has 6 aromatic rings. The number of likely N-dealkylation sites (tertiary alicyclic amines) is 1. The molecular formula is C44H44FN5O6. The number of carboxylic acids is 1. The minimum absolute atomic E-state index is 0.0892. The van der Waals surface area contributed by atoms with E-state index in [1.165, 1.54) is 6.07 Å². The van der Waals surface area contributed by atoms with Gasteiger partial charge in [0.1, 0.15) is 30.0 Å². The van der Waals surface area contributed by atoms with Crippen molar-refractivity contribution in [3.8, 4) is 17.1 Å². The van der Waals surface area contributed by atoms with Gasteiger partial charge in [0, 0.05) is 59.8 Å². The van der Waals surface area contributed by atoms with Crippen LogP contribution in [-0.4, -0.2) is 72.7 Å². The number of carboxylic acid groups (broad SMARTS) is 1. The Kier molecular flexibility index (Phi) is 10.6. The molecule has 2 amide bonds. The molecule has 4 N–H and O–H groups in total. The first-order chi connectivity index (χ1) is 27.2. The highest BCUT2D eigenvalue weighted by Gasteiger charge is 2.27. The van der Waals surface area contributed by atoms with Crippen LogP contribution in [0.2, 0.25) is 0 Å². The van der Waals surface area contributed by atoms with Gasteiger partial charge in [-0.2, -0.15) is 0 Å². The van der Waals surface area contributed by atoms with Gasteiger partial charge in [0.15, 0.2) is 0 Å². The number of nitrogens with zero attached hydrogens (tertiary/aromatic N) is 3. The zero-order valence-electron chi connectivity index (χ0n) is 30.9. The van der Waals surface area contributed by atoms with Crippen LogP contribution in [0.3, 0.4) is 0 Å². The van der Waals surface area contributed by atoms with Crippen molar-refractivity contribution in [3.05, 3.63) is 119 Å². The van der Waals surface area contributed by atoms with Gasteiger partial charge in [-0.1, -0.05) is 49.6 Å². The van der Waals surface area contributed by atoms with Gasteiger partial charge in [0.2, 0.25) is 0 Å². The average Bonchev–Trinajstić information content (AvgIpc) is 3.81. The number of hydrogen-bond acceptors (Lipinski definition) is 6.